The lowest BCUT2D eigenvalue weighted by molar-refractivity contribution is -0.111. The number of aromatic nitrogens is 1. The largest absolute Gasteiger partial charge is 0.486 e. The number of anilines is 1. The lowest BCUT2D eigenvalue weighted by Crippen LogP contribution is -2.15. The van der Waals surface area contributed by atoms with Crippen LogP contribution in [0.2, 0.25) is 0 Å². The van der Waals surface area contributed by atoms with E-state index in [9.17, 15) is 4.79 Å². The molecule has 33 heavy (non-hydrogen) atoms. The molecule has 0 unspecified atom stereocenters. The Kier molecular flexibility index (Phi) is 5.91. The lowest BCUT2D eigenvalue weighted by atomic mass is 10.1. The molecule has 0 atom stereocenters. The van der Waals surface area contributed by atoms with Gasteiger partial charge in [0.05, 0.1) is 5.69 Å². The summed E-state index contributed by atoms with van der Waals surface area (Å²) < 4.78 is 11.1. The number of hydrogen-bond donors (Lipinski definition) is 1. The summed E-state index contributed by atoms with van der Waals surface area (Å²) in [5, 5.41) is 3.90. The Bertz CT molecular complexity index is 1310. The fourth-order valence-electron chi connectivity index (χ4n) is 3.60. The van der Waals surface area contributed by atoms with Gasteiger partial charge in [-0.15, -0.1) is 11.3 Å². The standard InChI is InChI=1S/C27H22N2O3S/c1-18-26(29-27(33-18)21-5-3-2-4-6-21)20-9-11-22(12-10-20)28-25(30)14-8-19-7-13-23-24(17-19)32-16-15-31-23/h2-14,17H,15-16H2,1H3,(H,28,30)/b14-8-. The van der Waals surface area contributed by atoms with Gasteiger partial charge in [0.1, 0.15) is 18.2 Å². The molecule has 0 radical (unpaired) electrons. The van der Waals surface area contributed by atoms with Gasteiger partial charge in [-0.25, -0.2) is 4.98 Å². The molecule has 0 aliphatic carbocycles. The third-order valence-corrected chi connectivity index (χ3v) is 6.26. The second kappa shape index (κ2) is 9.30. The van der Waals surface area contributed by atoms with Crippen molar-refractivity contribution in [2.45, 2.75) is 6.92 Å². The van der Waals surface area contributed by atoms with E-state index in [1.165, 1.54) is 6.08 Å². The number of nitrogens with one attached hydrogen (secondary N) is 1. The van der Waals surface area contributed by atoms with Crippen LogP contribution in [0, 0.1) is 6.92 Å². The fourth-order valence-corrected chi connectivity index (χ4v) is 4.54. The maximum Gasteiger partial charge on any atom is 0.248 e. The number of nitrogens with zero attached hydrogens (tertiary/aromatic N) is 1. The van der Waals surface area contributed by atoms with E-state index in [1.54, 1.807) is 17.4 Å². The van der Waals surface area contributed by atoms with Crippen LogP contribution in [-0.2, 0) is 4.79 Å². The van der Waals surface area contributed by atoms with Gasteiger partial charge in [-0.2, -0.15) is 0 Å². The summed E-state index contributed by atoms with van der Waals surface area (Å²) in [6, 6.07) is 23.6. The van der Waals surface area contributed by atoms with E-state index in [-0.39, 0.29) is 5.91 Å². The molecule has 3 aromatic carbocycles. The third-order valence-electron chi connectivity index (χ3n) is 5.24. The van der Waals surface area contributed by atoms with Crippen LogP contribution in [0.25, 0.3) is 27.9 Å². The van der Waals surface area contributed by atoms with Crippen LogP contribution in [0.15, 0.2) is 78.9 Å². The number of rotatable bonds is 5. The monoisotopic (exact) mass is 454 g/mol. The van der Waals surface area contributed by atoms with Crippen molar-refractivity contribution < 1.29 is 14.3 Å². The van der Waals surface area contributed by atoms with Gasteiger partial charge in [-0.3, -0.25) is 4.79 Å². The van der Waals surface area contributed by atoms with E-state index in [2.05, 4.69) is 24.4 Å². The highest BCUT2D eigenvalue weighted by atomic mass is 32.1. The zero-order valence-corrected chi connectivity index (χ0v) is 18.9. The Balaban J connectivity index is 1.25. The normalized spacial score (nSPS) is 12.6. The molecule has 0 bridgehead atoms. The van der Waals surface area contributed by atoms with Crippen LogP contribution in [0.1, 0.15) is 10.4 Å². The van der Waals surface area contributed by atoms with E-state index in [1.807, 2.05) is 60.7 Å². The molecule has 164 valence electrons. The number of aryl methyl sites for hydroxylation is 1. The summed E-state index contributed by atoms with van der Waals surface area (Å²) in [6.45, 7) is 3.17. The Labute approximate surface area is 196 Å². The van der Waals surface area contributed by atoms with Crippen molar-refractivity contribution in [2.24, 2.45) is 0 Å². The van der Waals surface area contributed by atoms with E-state index in [0.29, 0.717) is 19.0 Å². The highest BCUT2D eigenvalue weighted by Crippen LogP contribution is 2.34. The minimum absolute atomic E-state index is 0.200. The number of ether oxygens (including phenoxy) is 2. The molecule has 2 heterocycles. The predicted octanol–water partition coefficient (Wildman–Crippen LogP) is 6.21. The van der Waals surface area contributed by atoms with Gasteiger partial charge in [0.15, 0.2) is 11.5 Å². The maximum atomic E-state index is 12.4. The van der Waals surface area contributed by atoms with Crippen molar-refractivity contribution >= 4 is 29.0 Å². The van der Waals surface area contributed by atoms with Crippen molar-refractivity contribution in [3.63, 3.8) is 0 Å². The fraction of sp³-hybridized carbons (Fsp3) is 0.111. The van der Waals surface area contributed by atoms with Gasteiger partial charge in [0.2, 0.25) is 5.91 Å². The molecular formula is C27H22N2O3S. The van der Waals surface area contributed by atoms with Gasteiger partial charge in [-0.05, 0) is 42.8 Å². The van der Waals surface area contributed by atoms with E-state index in [4.69, 9.17) is 14.5 Å². The average Bonchev–Trinajstić information content (AvgIpc) is 3.25. The molecule has 5 rings (SSSR count). The molecule has 6 heteroatoms. The van der Waals surface area contributed by atoms with Crippen LogP contribution >= 0.6 is 11.3 Å². The van der Waals surface area contributed by atoms with E-state index in [0.717, 1.165) is 43.7 Å². The average molecular weight is 455 g/mol. The Morgan fingerprint density at radius 3 is 2.48 bits per heavy atom. The summed E-state index contributed by atoms with van der Waals surface area (Å²) in [7, 11) is 0. The number of fused-ring (bicyclic) bond motifs is 1. The first-order valence-electron chi connectivity index (χ1n) is 10.7. The first-order valence-corrected chi connectivity index (χ1v) is 11.5. The molecular weight excluding hydrogens is 432 g/mol. The van der Waals surface area contributed by atoms with Gasteiger partial charge in [-0.1, -0.05) is 48.5 Å². The van der Waals surface area contributed by atoms with Crippen LogP contribution in [0.3, 0.4) is 0 Å². The predicted molar refractivity (Wildman–Crippen MR) is 133 cm³/mol. The molecule has 0 fully saturated rings. The van der Waals surface area contributed by atoms with Crippen molar-refractivity contribution in [3.05, 3.63) is 89.3 Å². The van der Waals surface area contributed by atoms with E-state index < -0.39 is 0 Å². The Hall–Kier alpha value is -3.90. The summed E-state index contributed by atoms with van der Waals surface area (Å²) in [4.78, 5) is 18.4. The molecule has 1 N–H and O–H groups in total. The quantitative estimate of drug-likeness (QED) is 0.364. The molecule has 4 aromatic rings. The first kappa shape index (κ1) is 21.0. The Morgan fingerprint density at radius 1 is 0.939 bits per heavy atom. The molecule has 0 saturated heterocycles. The van der Waals surface area contributed by atoms with Crippen molar-refractivity contribution in [1.82, 2.24) is 4.98 Å². The lowest BCUT2D eigenvalue weighted by Gasteiger charge is -2.18. The summed E-state index contributed by atoms with van der Waals surface area (Å²) in [6.07, 6.45) is 3.27. The highest BCUT2D eigenvalue weighted by Gasteiger charge is 2.12. The SMILES string of the molecule is Cc1sc(-c2ccccc2)nc1-c1ccc(NC(=O)/C=C\c2ccc3c(c2)OCCO3)cc1. The zero-order chi connectivity index (χ0) is 22.6. The van der Waals surface area contributed by atoms with Crippen molar-refractivity contribution in [3.8, 4) is 33.3 Å². The van der Waals surface area contributed by atoms with Gasteiger partial charge >= 0.3 is 0 Å². The van der Waals surface area contributed by atoms with Crippen LogP contribution in [-0.4, -0.2) is 24.1 Å². The molecule has 1 aliphatic rings. The molecule has 1 aromatic heterocycles. The van der Waals surface area contributed by atoms with Crippen LogP contribution in [0.4, 0.5) is 5.69 Å². The maximum absolute atomic E-state index is 12.4. The molecule has 1 aliphatic heterocycles. The minimum atomic E-state index is -0.200. The molecule has 0 saturated carbocycles. The number of hydrogen-bond acceptors (Lipinski definition) is 5. The smallest absolute Gasteiger partial charge is 0.248 e. The molecule has 0 spiro atoms. The molecule has 1 amide bonds. The summed E-state index contributed by atoms with van der Waals surface area (Å²) in [5.41, 5.74) is 4.71. The summed E-state index contributed by atoms with van der Waals surface area (Å²) >= 11 is 1.68. The van der Waals surface area contributed by atoms with Gasteiger partial charge < -0.3 is 14.8 Å². The number of carbonyl (C=O) groups is 1. The summed E-state index contributed by atoms with van der Waals surface area (Å²) in [5.74, 6) is 1.23. The number of thiazole rings is 1. The van der Waals surface area contributed by atoms with Gasteiger partial charge in [0, 0.05) is 27.8 Å². The van der Waals surface area contributed by atoms with Gasteiger partial charge in [0.25, 0.3) is 0 Å². The van der Waals surface area contributed by atoms with E-state index >= 15 is 0 Å². The van der Waals surface area contributed by atoms with Crippen molar-refractivity contribution in [2.75, 3.05) is 18.5 Å². The number of carbonyl (C=O) groups excluding carboxylic acids is 1. The Morgan fingerprint density at radius 2 is 1.70 bits per heavy atom. The van der Waals surface area contributed by atoms with Crippen LogP contribution < -0.4 is 14.8 Å². The second-order valence-corrected chi connectivity index (χ2v) is 8.80. The first-order chi connectivity index (χ1) is 16.2. The van der Waals surface area contributed by atoms with Crippen LogP contribution in [0.5, 0.6) is 11.5 Å². The minimum Gasteiger partial charge on any atom is -0.486 e. The van der Waals surface area contributed by atoms with Crippen molar-refractivity contribution in [1.29, 1.82) is 0 Å². The molecule has 5 nitrogen and oxygen atoms in total. The highest BCUT2D eigenvalue weighted by molar-refractivity contribution is 7.15. The zero-order valence-electron chi connectivity index (χ0n) is 18.1. The third kappa shape index (κ3) is 4.81. The second-order valence-electron chi connectivity index (χ2n) is 7.59. The number of amides is 1. The topological polar surface area (TPSA) is 60.5 Å². The number of benzene rings is 3.